The molecule has 0 spiro atoms. The van der Waals surface area contributed by atoms with E-state index < -0.39 is 0 Å². The lowest BCUT2D eigenvalue weighted by Crippen LogP contribution is -2.22. The summed E-state index contributed by atoms with van der Waals surface area (Å²) in [7, 11) is 0. The van der Waals surface area contributed by atoms with Gasteiger partial charge < -0.3 is 10.1 Å². The zero-order chi connectivity index (χ0) is 22.2. The Morgan fingerprint density at radius 2 is 1.94 bits per heavy atom. The van der Waals surface area contributed by atoms with Crippen LogP contribution in [0.25, 0.3) is 15.3 Å². The molecule has 0 unspecified atom stereocenters. The molecule has 0 saturated heterocycles. The first-order valence-corrected chi connectivity index (χ1v) is 11.9. The van der Waals surface area contributed by atoms with Crippen molar-refractivity contribution in [2.24, 2.45) is 0 Å². The Morgan fingerprint density at radius 1 is 1.16 bits per heavy atom. The molecule has 1 aliphatic rings. The van der Waals surface area contributed by atoms with Crippen molar-refractivity contribution in [3.8, 4) is 10.9 Å². The first kappa shape index (κ1) is 21.2. The number of nitrogens with zero attached hydrogens (tertiary/aromatic N) is 3. The van der Waals surface area contributed by atoms with Gasteiger partial charge in [-0.1, -0.05) is 34.5 Å². The van der Waals surface area contributed by atoms with E-state index in [0.29, 0.717) is 26.7 Å². The van der Waals surface area contributed by atoms with E-state index in [4.69, 9.17) is 32.9 Å². The summed E-state index contributed by atoms with van der Waals surface area (Å²) in [5.74, 6) is 0.613. The van der Waals surface area contributed by atoms with Gasteiger partial charge in [-0.15, -0.1) is 0 Å². The molecule has 1 amide bonds. The summed E-state index contributed by atoms with van der Waals surface area (Å²) >= 11 is 13.6. The van der Waals surface area contributed by atoms with Gasteiger partial charge in [-0.2, -0.15) is 9.78 Å². The van der Waals surface area contributed by atoms with Crippen molar-refractivity contribution in [1.82, 2.24) is 14.8 Å². The molecule has 6 nitrogen and oxygen atoms in total. The van der Waals surface area contributed by atoms with Crippen LogP contribution in [0, 0.1) is 6.92 Å². The molecule has 5 rings (SSSR count). The molecule has 0 saturated carbocycles. The van der Waals surface area contributed by atoms with Gasteiger partial charge in [-0.25, -0.2) is 4.98 Å². The fourth-order valence-electron chi connectivity index (χ4n) is 3.88. The van der Waals surface area contributed by atoms with E-state index in [1.165, 1.54) is 24.0 Å². The molecule has 32 heavy (non-hydrogen) atoms. The van der Waals surface area contributed by atoms with Crippen LogP contribution in [0.2, 0.25) is 10.0 Å². The molecule has 0 bridgehead atoms. The lowest BCUT2D eigenvalue weighted by molar-refractivity contribution is -0.118. The monoisotopic (exact) mass is 486 g/mol. The van der Waals surface area contributed by atoms with Gasteiger partial charge in [0.05, 0.1) is 20.9 Å². The number of aromatic nitrogens is 3. The number of anilines is 1. The second-order valence-electron chi connectivity index (χ2n) is 7.79. The summed E-state index contributed by atoms with van der Waals surface area (Å²) in [5, 5.41) is 8.97. The Bertz CT molecular complexity index is 1290. The third kappa shape index (κ3) is 4.33. The Labute approximate surface area is 199 Å². The predicted molar refractivity (Wildman–Crippen MR) is 129 cm³/mol. The van der Waals surface area contributed by atoms with E-state index in [1.54, 1.807) is 34.2 Å². The fourth-order valence-corrected chi connectivity index (χ4v) is 5.32. The molecule has 0 aliphatic heterocycles. The minimum absolute atomic E-state index is 0.196. The van der Waals surface area contributed by atoms with E-state index >= 15 is 0 Å². The number of halogens is 2. The maximum Gasteiger partial charge on any atom is 0.263 e. The van der Waals surface area contributed by atoms with E-state index in [-0.39, 0.29) is 12.5 Å². The van der Waals surface area contributed by atoms with Crippen molar-refractivity contribution in [2.45, 2.75) is 32.6 Å². The van der Waals surface area contributed by atoms with Crippen molar-refractivity contribution in [3.05, 3.63) is 63.3 Å². The molecule has 9 heteroatoms. The van der Waals surface area contributed by atoms with Gasteiger partial charge in [0.15, 0.2) is 6.61 Å². The normalized spacial score (nSPS) is 13.2. The Hall–Kier alpha value is -2.61. The molecule has 2 aromatic heterocycles. The highest BCUT2D eigenvalue weighted by molar-refractivity contribution is 7.20. The first-order chi connectivity index (χ1) is 15.5. The summed E-state index contributed by atoms with van der Waals surface area (Å²) in [6, 6.07) is 11.1. The highest BCUT2D eigenvalue weighted by atomic mass is 35.5. The Balaban J connectivity index is 1.36. The zero-order valence-corrected chi connectivity index (χ0v) is 19.7. The number of hydrogen-bond acceptors (Lipinski definition) is 5. The zero-order valence-electron chi connectivity index (χ0n) is 17.3. The van der Waals surface area contributed by atoms with Crippen LogP contribution in [0.1, 0.15) is 29.7 Å². The first-order valence-electron chi connectivity index (χ1n) is 10.3. The number of fused-ring (bicyclic) bond motifs is 2. The van der Waals surface area contributed by atoms with E-state index in [1.807, 2.05) is 13.0 Å². The van der Waals surface area contributed by atoms with Crippen molar-refractivity contribution in [1.29, 1.82) is 0 Å². The average molecular weight is 487 g/mol. The molecule has 2 heterocycles. The number of carbonyl (C=O) groups is 1. The SMILES string of the molecule is Cc1cc(NC(=O)COc2ccc(Cl)cc2Cl)n(-c2nc3cc4c(cc3s2)CCCC4)n1. The molecule has 1 N–H and O–H groups in total. The topological polar surface area (TPSA) is 69.0 Å². The van der Waals surface area contributed by atoms with Crippen molar-refractivity contribution in [2.75, 3.05) is 11.9 Å². The van der Waals surface area contributed by atoms with Crippen LogP contribution >= 0.6 is 34.5 Å². The van der Waals surface area contributed by atoms with Gasteiger partial charge >= 0.3 is 0 Å². The molecule has 4 aromatic rings. The highest BCUT2D eigenvalue weighted by Crippen LogP contribution is 2.32. The van der Waals surface area contributed by atoms with E-state index in [9.17, 15) is 4.79 Å². The van der Waals surface area contributed by atoms with Crippen LogP contribution < -0.4 is 10.1 Å². The number of carbonyl (C=O) groups excluding carboxylic acids is 1. The van der Waals surface area contributed by atoms with Gasteiger partial charge in [0, 0.05) is 11.1 Å². The summed E-state index contributed by atoms with van der Waals surface area (Å²) < 4.78 is 8.34. The second-order valence-corrected chi connectivity index (χ2v) is 9.64. The maximum atomic E-state index is 12.5. The third-order valence-corrected chi connectivity index (χ3v) is 6.90. The fraction of sp³-hybridized carbons (Fsp3) is 0.261. The second kappa shape index (κ2) is 8.73. The van der Waals surface area contributed by atoms with Crippen LogP contribution in [0.5, 0.6) is 5.75 Å². The standard InChI is InChI=1S/C23H20Cl2N4O2S/c1-13-8-21(27-22(30)12-31-19-7-6-16(24)11-17(19)25)29(28-13)23-26-18-9-14-4-2-3-5-15(14)10-20(18)32-23/h6-11H,2-5,12H2,1H3,(H,27,30). The number of amides is 1. The summed E-state index contributed by atoms with van der Waals surface area (Å²) in [6.45, 7) is 1.68. The van der Waals surface area contributed by atoms with Crippen molar-refractivity contribution < 1.29 is 9.53 Å². The van der Waals surface area contributed by atoms with Crippen LogP contribution in [0.4, 0.5) is 5.82 Å². The predicted octanol–water partition coefficient (Wildman–Crippen LogP) is 5.99. The molecule has 2 aromatic carbocycles. The van der Waals surface area contributed by atoms with Crippen molar-refractivity contribution in [3.63, 3.8) is 0 Å². The maximum absolute atomic E-state index is 12.5. The number of hydrogen-bond donors (Lipinski definition) is 1. The number of benzene rings is 2. The molecule has 164 valence electrons. The minimum atomic E-state index is -0.325. The number of ether oxygens (including phenoxy) is 1. The average Bonchev–Trinajstić information content (AvgIpc) is 3.33. The molecule has 1 aliphatic carbocycles. The van der Waals surface area contributed by atoms with Crippen LogP contribution in [0.3, 0.4) is 0 Å². The van der Waals surface area contributed by atoms with Gasteiger partial charge in [-0.05, 0) is 74.1 Å². The number of aryl methyl sites for hydroxylation is 3. The number of thiazole rings is 1. The lowest BCUT2D eigenvalue weighted by Gasteiger charge is -2.14. The minimum Gasteiger partial charge on any atom is -0.482 e. The lowest BCUT2D eigenvalue weighted by atomic mass is 9.92. The largest absolute Gasteiger partial charge is 0.482 e. The Kier molecular flexibility index (Phi) is 5.80. The molecular formula is C23H20Cl2N4O2S. The summed E-state index contributed by atoms with van der Waals surface area (Å²) in [6.07, 6.45) is 4.70. The summed E-state index contributed by atoms with van der Waals surface area (Å²) in [5.41, 5.74) is 4.56. The van der Waals surface area contributed by atoms with Crippen molar-refractivity contribution >= 4 is 56.5 Å². The van der Waals surface area contributed by atoms with Gasteiger partial charge in [0.2, 0.25) is 5.13 Å². The van der Waals surface area contributed by atoms with Gasteiger partial charge in [-0.3, -0.25) is 4.79 Å². The number of rotatable bonds is 5. The summed E-state index contributed by atoms with van der Waals surface area (Å²) in [4.78, 5) is 17.3. The smallest absolute Gasteiger partial charge is 0.263 e. The van der Waals surface area contributed by atoms with Crippen LogP contribution in [-0.2, 0) is 17.6 Å². The van der Waals surface area contributed by atoms with E-state index in [0.717, 1.165) is 28.8 Å². The molecule has 0 atom stereocenters. The molecule has 0 fully saturated rings. The van der Waals surface area contributed by atoms with Gasteiger partial charge in [0.1, 0.15) is 11.6 Å². The Morgan fingerprint density at radius 3 is 2.72 bits per heavy atom. The van der Waals surface area contributed by atoms with Crippen LogP contribution in [0.15, 0.2) is 36.4 Å². The van der Waals surface area contributed by atoms with E-state index in [2.05, 4.69) is 22.5 Å². The third-order valence-electron chi connectivity index (χ3n) is 5.37. The van der Waals surface area contributed by atoms with Gasteiger partial charge in [0.25, 0.3) is 5.91 Å². The molecule has 0 radical (unpaired) electrons. The quantitative estimate of drug-likeness (QED) is 0.375. The molecular weight excluding hydrogens is 467 g/mol. The van der Waals surface area contributed by atoms with Crippen LogP contribution in [-0.4, -0.2) is 27.3 Å². The number of nitrogens with one attached hydrogen (secondary N) is 1. The highest BCUT2D eigenvalue weighted by Gasteiger charge is 2.17.